The fourth-order valence-corrected chi connectivity index (χ4v) is 2.62. The van der Waals surface area contributed by atoms with Crippen LogP contribution in [0.15, 0.2) is 52.2 Å². The van der Waals surface area contributed by atoms with Gasteiger partial charge in [-0.15, -0.1) is 0 Å². The molecule has 1 heterocycles. The second-order valence-electron chi connectivity index (χ2n) is 4.43. The molecule has 92 valence electrons. The summed E-state index contributed by atoms with van der Waals surface area (Å²) in [6.45, 7) is 0. The highest BCUT2D eigenvalue weighted by Gasteiger charge is 2.44. The molecule has 1 aliphatic rings. The summed E-state index contributed by atoms with van der Waals surface area (Å²) in [7, 11) is 0. The van der Waals surface area contributed by atoms with Gasteiger partial charge in [-0.25, -0.2) is 0 Å². The molecular weight excluding hydrogens is 250 g/mol. The van der Waals surface area contributed by atoms with Crippen LogP contribution in [-0.2, 0) is 0 Å². The first-order valence-corrected chi connectivity index (χ1v) is 6.19. The monoisotopic (exact) mass is 261 g/mol. The average Bonchev–Trinajstić information content (AvgIpc) is 2.96. The average molecular weight is 262 g/mol. The van der Waals surface area contributed by atoms with Crippen LogP contribution in [0.25, 0.3) is 0 Å². The maximum atomic E-state index is 9.14. The van der Waals surface area contributed by atoms with Crippen molar-refractivity contribution in [2.24, 2.45) is 11.1 Å². The van der Waals surface area contributed by atoms with Gasteiger partial charge in [-0.3, -0.25) is 0 Å². The van der Waals surface area contributed by atoms with Crippen LogP contribution < -0.4 is 0 Å². The van der Waals surface area contributed by atoms with Crippen molar-refractivity contribution < 1.29 is 9.62 Å². The van der Waals surface area contributed by atoms with Gasteiger partial charge in [-0.2, -0.15) is 0 Å². The number of rotatable bonds is 3. The minimum atomic E-state index is 0.182. The standard InChI is InChI=1S/C14H12ClNO2/c15-12-5-2-1-4-9(12)10-8-11(10)14(16-17)13-6-3-7-18-13/h1-7,10-11,17H,8H2/b16-14-. The number of hydrogen-bond acceptors (Lipinski definition) is 3. The molecule has 4 heteroatoms. The number of nitrogens with zero attached hydrogens (tertiary/aromatic N) is 1. The molecule has 18 heavy (non-hydrogen) atoms. The van der Waals surface area contributed by atoms with Gasteiger partial charge in [0.15, 0.2) is 5.76 Å². The Balaban J connectivity index is 1.84. The van der Waals surface area contributed by atoms with Crippen LogP contribution in [0.5, 0.6) is 0 Å². The third kappa shape index (κ3) is 1.91. The highest BCUT2D eigenvalue weighted by Crippen LogP contribution is 2.51. The lowest BCUT2D eigenvalue weighted by molar-refractivity contribution is 0.316. The summed E-state index contributed by atoms with van der Waals surface area (Å²) in [4.78, 5) is 0. The van der Waals surface area contributed by atoms with Crippen molar-refractivity contribution >= 4 is 17.3 Å². The van der Waals surface area contributed by atoms with E-state index in [2.05, 4.69) is 5.16 Å². The van der Waals surface area contributed by atoms with Crippen molar-refractivity contribution in [3.63, 3.8) is 0 Å². The van der Waals surface area contributed by atoms with Crippen molar-refractivity contribution in [2.45, 2.75) is 12.3 Å². The zero-order chi connectivity index (χ0) is 12.5. The number of hydrogen-bond donors (Lipinski definition) is 1. The molecule has 1 fully saturated rings. The molecule has 1 saturated carbocycles. The van der Waals surface area contributed by atoms with Gasteiger partial charge in [0, 0.05) is 10.9 Å². The predicted octanol–water partition coefficient (Wildman–Crippen LogP) is 3.92. The van der Waals surface area contributed by atoms with E-state index >= 15 is 0 Å². The van der Waals surface area contributed by atoms with E-state index < -0.39 is 0 Å². The first-order valence-electron chi connectivity index (χ1n) is 5.81. The number of halogens is 1. The van der Waals surface area contributed by atoms with Crippen LogP contribution in [0.1, 0.15) is 23.7 Å². The molecule has 1 N–H and O–H groups in total. The Bertz CT molecular complexity index is 577. The van der Waals surface area contributed by atoms with Gasteiger partial charge in [0.25, 0.3) is 0 Å². The third-order valence-corrected chi connectivity index (χ3v) is 3.67. The van der Waals surface area contributed by atoms with Crippen molar-refractivity contribution in [1.29, 1.82) is 0 Å². The highest BCUT2D eigenvalue weighted by molar-refractivity contribution is 6.31. The van der Waals surface area contributed by atoms with Crippen molar-refractivity contribution in [3.05, 3.63) is 59.0 Å². The Kier molecular flexibility index (Phi) is 2.84. The smallest absolute Gasteiger partial charge is 0.151 e. The molecule has 0 bridgehead atoms. The molecule has 0 saturated heterocycles. The van der Waals surface area contributed by atoms with E-state index in [1.54, 1.807) is 18.4 Å². The molecule has 1 aromatic heterocycles. The normalized spacial score (nSPS) is 23.1. The van der Waals surface area contributed by atoms with Crippen LogP contribution in [0.3, 0.4) is 0 Å². The maximum absolute atomic E-state index is 9.14. The molecule has 3 nitrogen and oxygen atoms in total. The van der Waals surface area contributed by atoms with Crippen LogP contribution >= 0.6 is 11.6 Å². The van der Waals surface area contributed by atoms with E-state index in [-0.39, 0.29) is 5.92 Å². The Labute approximate surface area is 110 Å². The Morgan fingerprint density at radius 3 is 2.78 bits per heavy atom. The summed E-state index contributed by atoms with van der Waals surface area (Å²) in [5, 5.41) is 13.3. The summed E-state index contributed by atoms with van der Waals surface area (Å²) in [5.41, 5.74) is 1.71. The largest absolute Gasteiger partial charge is 0.463 e. The van der Waals surface area contributed by atoms with Crippen LogP contribution in [0.2, 0.25) is 5.02 Å². The van der Waals surface area contributed by atoms with Crippen LogP contribution in [0, 0.1) is 5.92 Å². The summed E-state index contributed by atoms with van der Waals surface area (Å²) in [6, 6.07) is 11.4. The van der Waals surface area contributed by atoms with E-state index in [9.17, 15) is 0 Å². The maximum Gasteiger partial charge on any atom is 0.151 e. The summed E-state index contributed by atoms with van der Waals surface area (Å²) in [5.74, 6) is 1.12. The van der Waals surface area contributed by atoms with Crippen molar-refractivity contribution in [2.75, 3.05) is 0 Å². The lowest BCUT2D eigenvalue weighted by Gasteiger charge is -2.03. The first-order chi connectivity index (χ1) is 8.81. The Hall–Kier alpha value is -1.74. The molecule has 0 spiro atoms. The van der Waals surface area contributed by atoms with Crippen LogP contribution in [0.4, 0.5) is 0 Å². The SMILES string of the molecule is O/N=C(\c1ccco1)C1CC1c1ccccc1Cl. The first kappa shape index (κ1) is 11.4. The topological polar surface area (TPSA) is 45.7 Å². The van der Waals surface area contributed by atoms with E-state index in [0.717, 1.165) is 17.0 Å². The van der Waals surface area contributed by atoms with Gasteiger partial charge in [0.1, 0.15) is 5.71 Å². The molecule has 0 radical (unpaired) electrons. The highest BCUT2D eigenvalue weighted by atomic mass is 35.5. The lowest BCUT2D eigenvalue weighted by Crippen LogP contribution is -2.04. The molecule has 3 rings (SSSR count). The molecule has 0 amide bonds. The summed E-state index contributed by atoms with van der Waals surface area (Å²) < 4.78 is 5.28. The fraction of sp³-hybridized carbons (Fsp3) is 0.214. The van der Waals surface area contributed by atoms with Gasteiger partial charge < -0.3 is 9.62 Å². The van der Waals surface area contributed by atoms with E-state index in [1.807, 2.05) is 24.3 Å². The van der Waals surface area contributed by atoms with Crippen LogP contribution in [-0.4, -0.2) is 10.9 Å². The minimum absolute atomic E-state index is 0.182. The quantitative estimate of drug-likeness (QED) is 0.517. The molecule has 0 aliphatic heterocycles. The van der Waals surface area contributed by atoms with Gasteiger partial charge in [-0.05, 0) is 36.1 Å². The summed E-state index contributed by atoms with van der Waals surface area (Å²) >= 11 is 6.17. The van der Waals surface area contributed by atoms with Crippen molar-refractivity contribution in [1.82, 2.24) is 0 Å². The molecule has 1 aliphatic carbocycles. The fourth-order valence-electron chi connectivity index (χ4n) is 2.35. The van der Waals surface area contributed by atoms with E-state index in [1.165, 1.54) is 0 Å². The zero-order valence-electron chi connectivity index (χ0n) is 9.58. The molecule has 1 aromatic carbocycles. The summed E-state index contributed by atoms with van der Waals surface area (Å²) in [6.07, 6.45) is 2.51. The van der Waals surface area contributed by atoms with Gasteiger partial charge in [0.05, 0.1) is 6.26 Å². The van der Waals surface area contributed by atoms with Crippen molar-refractivity contribution in [3.8, 4) is 0 Å². The lowest BCUT2D eigenvalue weighted by atomic mass is 10.1. The third-order valence-electron chi connectivity index (χ3n) is 3.33. The number of oxime groups is 1. The Morgan fingerprint density at radius 2 is 2.11 bits per heavy atom. The predicted molar refractivity (Wildman–Crippen MR) is 69.3 cm³/mol. The Morgan fingerprint density at radius 1 is 1.28 bits per heavy atom. The van der Waals surface area contributed by atoms with Gasteiger partial charge >= 0.3 is 0 Å². The zero-order valence-corrected chi connectivity index (χ0v) is 10.3. The molecule has 2 unspecified atom stereocenters. The minimum Gasteiger partial charge on any atom is -0.463 e. The van der Waals surface area contributed by atoms with E-state index in [0.29, 0.717) is 17.4 Å². The number of furan rings is 1. The second-order valence-corrected chi connectivity index (χ2v) is 4.84. The number of benzene rings is 1. The molecular formula is C14H12ClNO2. The van der Waals surface area contributed by atoms with E-state index in [4.69, 9.17) is 21.2 Å². The van der Waals surface area contributed by atoms with Gasteiger partial charge in [-0.1, -0.05) is 35.0 Å². The second kappa shape index (κ2) is 4.50. The molecule has 2 atom stereocenters. The van der Waals surface area contributed by atoms with Gasteiger partial charge in [0.2, 0.25) is 0 Å². The molecule has 2 aromatic rings.